The van der Waals surface area contributed by atoms with Crippen LogP contribution >= 0.6 is 0 Å². The molecule has 0 atom stereocenters. The SMILES string of the molecule is COC(=O)Cc1c(C)c2ccccc2[c-]1C.[Ti]. The van der Waals surface area contributed by atoms with Crippen molar-refractivity contribution in [2.75, 3.05) is 7.11 Å². The molecule has 0 bridgehead atoms. The molecule has 0 amide bonds. The topological polar surface area (TPSA) is 26.3 Å². The van der Waals surface area contributed by atoms with Crippen LogP contribution in [0.4, 0.5) is 0 Å². The maximum absolute atomic E-state index is 11.3. The Morgan fingerprint density at radius 2 is 2.00 bits per heavy atom. The van der Waals surface area contributed by atoms with E-state index in [9.17, 15) is 4.79 Å². The second kappa shape index (κ2) is 5.57. The predicted octanol–water partition coefficient (Wildman–Crippen LogP) is 2.89. The van der Waals surface area contributed by atoms with Crippen molar-refractivity contribution in [1.82, 2.24) is 0 Å². The van der Waals surface area contributed by atoms with E-state index in [4.69, 9.17) is 4.74 Å². The van der Waals surface area contributed by atoms with Gasteiger partial charge in [-0.3, -0.25) is 4.79 Å². The number of hydrogen-bond acceptors (Lipinski definition) is 2. The average molecular weight is 263 g/mol. The van der Waals surface area contributed by atoms with Gasteiger partial charge in [0.15, 0.2) is 0 Å². The second-order valence-corrected chi connectivity index (χ2v) is 4.03. The number of rotatable bonds is 2. The number of aryl methyl sites for hydroxylation is 2. The molecule has 0 aliphatic carbocycles. The van der Waals surface area contributed by atoms with Crippen molar-refractivity contribution in [3.05, 3.63) is 41.0 Å². The smallest absolute Gasteiger partial charge is 0.308 e. The van der Waals surface area contributed by atoms with E-state index >= 15 is 0 Å². The molecule has 0 unspecified atom stereocenters. The Kier molecular flexibility index (Phi) is 4.61. The largest absolute Gasteiger partial charge is 0.469 e. The molecule has 2 rings (SSSR count). The van der Waals surface area contributed by atoms with E-state index in [0.29, 0.717) is 6.42 Å². The predicted molar refractivity (Wildman–Crippen MR) is 64.7 cm³/mol. The third kappa shape index (κ3) is 2.48. The van der Waals surface area contributed by atoms with Gasteiger partial charge in [0, 0.05) is 21.7 Å². The van der Waals surface area contributed by atoms with Crippen LogP contribution in [0, 0.1) is 13.8 Å². The first-order valence-electron chi connectivity index (χ1n) is 5.35. The Morgan fingerprint density at radius 3 is 2.59 bits per heavy atom. The average Bonchev–Trinajstić information content (AvgIpc) is 2.55. The molecule has 0 aromatic heterocycles. The molecule has 0 saturated heterocycles. The molecule has 2 aromatic carbocycles. The summed E-state index contributed by atoms with van der Waals surface area (Å²) in [6.45, 7) is 4.13. The summed E-state index contributed by atoms with van der Waals surface area (Å²) in [5, 5.41) is 2.47. The molecule has 0 N–H and O–H groups in total. The molecule has 0 fully saturated rings. The number of esters is 1. The van der Waals surface area contributed by atoms with Crippen LogP contribution in [0.25, 0.3) is 10.8 Å². The van der Waals surface area contributed by atoms with Gasteiger partial charge >= 0.3 is 5.97 Å². The maximum Gasteiger partial charge on any atom is 0.308 e. The van der Waals surface area contributed by atoms with E-state index in [2.05, 4.69) is 26.0 Å². The number of carbonyl (C=O) groups is 1. The first-order valence-corrected chi connectivity index (χ1v) is 5.35. The Labute approximate surface area is 116 Å². The van der Waals surface area contributed by atoms with Crippen molar-refractivity contribution in [2.24, 2.45) is 0 Å². The molecule has 0 radical (unpaired) electrons. The van der Waals surface area contributed by atoms with Gasteiger partial charge < -0.3 is 4.74 Å². The van der Waals surface area contributed by atoms with Gasteiger partial charge in [0.05, 0.1) is 13.5 Å². The number of ether oxygens (including phenoxy) is 1. The molecule has 0 saturated carbocycles. The van der Waals surface area contributed by atoms with Gasteiger partial charge in [0.2, 0.25) is 0 Å². The van der Waals surface area contributed by atoms with Crippen molar-refractivity contribution in [2.45, 2.75) is 20.3 Å². The molecular weight excluding hydrogens is 248 g/mol. The normalized spacial score (nSPS) is 10.1. The van der Waals surface area contributed by atoms with Gasteiger partial charge in [0.25, 0.3) is 0 Å². The zero-order valence-corrected chi connectivity index (χ0v) is 11.9. The molecule has 17 heavy (non-hydrogen) atoms. The first-order chi connectivity index (χ1) is 7.65. The molecular formula is C14H15O2Ti-. The summed E-state index contributed by atoms with van der Waals surface area (Å²) < 4.78 is 4.72. The van der Waals surface area contributed by atoms with Crippen molar-refractivity contribution in [3.8, 4) is 0 Å². The van der Waals surface area contributed by atoms with E-state index < -0.39 is 0 Å². The number of benzene rings is 1. The standard InChI is InChI=1S/C14H15O2.Ti/c1-9-11-6-4-5-7-12(11)10(2)13(9)8-14(15)16-3;/h4-7H,8H2,1-3H3;/q-1;. The Hall–Kier alpha value is -0.986. The molecule has 2 nitrogen and oxygen atoms in total. The molecule has 88 valence electrons. The molecule has 0 heterocycles. The summed E-state index contributed by atoms with van der Waals surface area (Å²) in [7, 11) is 1.43. The summed E-state index contributed by atoms with van der Waals surface area (Å²) in [5.41, 5.74) is 3.49. The van der Waals surface area contributed by atoms with Crippen LogP contribution in [-0.2, 0) is 37.7 Å². The van der Waals surface area contributed by atoms with Crippen molar-refractivity contribution in [1.29, 1.82) is 0 Å². The van der Waals surface area contributed by atoms with Crippen LogP contribution in [-0.4, -0.2) is 13.1 Å². The minimum atomic E-state index is -0.179. The number of fused-ring (bicyclic) bond motifs is 1. The number of methoxy groups -OCH3 is 1. The quantitative estimate of drug-likeness (QED) is 0.473. The van der Waals surface area contributed by atoms with E-state index in [-0.39, 0.29) is 27.7 Å². The summed E-state index contributed by atoms with van der Waals surface area (Å²) in [4.78, 5) is 11.3. The third-order valence-electron chi connectivity index (χ3n) is 3.19. The molecule has 0 spiro atoms. The van der Waals surface area contributed by atoms with Crippen LogP contribution < -0.4 is 0 Å². The summed E-state index contributed by atoms with van der Waals surface area (Å²) >= 11 is 0. The van der Waals surface area contributed by atoms with E-state index in [1.54, 1.807) is 0 Å². The Balaban J connectivity index is 0.00000144. The number of carbonyl (C=O) groups excluding carboxylic acids is 1. The fourth-order valence-electron chi connectivity index (χ4n) is 2.23. The van der Waals surface area contributed by atoms with Crippen LogP contribution in [0.3, 0.4) is 0 Å². The van der Waals surface area contributed by atoms with Crippen LogP contribution in [0.1, 0.15) is 16.7 Å². The Bertz CT molecular complexity index is 501. The van der Waals surface area contributed by atoms with Crippen LogP contribution in [0.2, 0.25) is 0 Å². The van der Waals surface area contributed by atoms with E-state index in [0.717, 1.165) is 5.56 Å². The van der Waals surface area contributed by atoms with Gasteiger partial charge in [-0.1, -0.05) is 19.9 Å². The molecule has 0 aliphatic heterocycles. The van der Waals surface area contributed by atoms with Gasteiger partial charge in [-0.15, -0.1) is 40.1 Å². The number of hydrogen-bond donors (Lipinski definition) is 0. The zero-order valence-electron chi connectivity index (χ0n) is 10.3. The van der Waals surface area contributed by atoms with Crippen molar-refractivity contribution in [3.63, 3.8) is 0 Å². The first kappa shape index (κ1) is 14.1. The minimum absolute atomic E-state index is 0. The molecule has 0 aliphatic rings. The second-order valence-electron chi connectivity index (χ2n) is 4.03. The summed E-state index contributed by atoms with van der Waals surface area (Å²) in [6, 6.07) is 8.24. The van der Waals surface area contributed by atoms with Crippen molar-refractivity contribution < 1.29 is 31.2 Å². The third-order valence-corrected chi connectivity index (χ3v) is 3.19. The fourth-order valence-corrected chi connectivity index (χ4v) is 2.23. The fraction of sp³-hybridized carbons (Fsp3) is 0.286. The Morgan fingerprint density at radius 1 is 1.35 bits per heavy atom. The minimum Gasteiger partial charge on any atom is -0.469 e. The van der Waals surface area contributed by atoms with Gasteiger partial charge in [-0.05, 0) is 0 Å². The van der Waals surface area contributed by atoms with Gasteiger partial charge in [-0.2, -0.15) is 5.56 Å². The summed E-state index contributed by atoms with van der Waals surface area (Å²) in [6.07, 6.45) is 0.364. The van der Waals surface area contributed by atoms with Crippen LogP contribution in [0.15, 0.2) is 24.3 Å². The summed E-state index contributed by atoms with van der Waals surface area (Å²) in [5.74, 6) is -0.179. The molecule has 2 aromatic rings. The van der Waals surface area contributed by atoms with Gasteiger partial charge in [-0.25, -0.2) is 0 Å². The van der Waals surface area contributed by atoms with E-state index in [1.807, 2.05) is 12.1 Å². The zero-order chi connectivity index (χ0) is 11.7. The monoisotopic (exact) mass is 263 g/mol. The molecule has 3 heteroatoms. The maximum atomic E-state index is 11.3. The van der Waals surface area contributed by atoms with E-state index in [1.165, 1.54) is 29.0 Å². The van der Waals surface area contributed by atoms with Crippen molar-refractivity contribution >= 4 is 16.7 Å². The van der Waals surface area contributed by atoms with Crippen LogP contribution in [0.5, 0.6) is 0 Å². The van der Waals surface area contributed by atoms with Gasteiger partial charge in [0.1, 0.15) is 0 Å².